The molecule has 0 aliphatic carbocycles. The third kappa shape index (κ3) is 2.54. The number of benzene rings is 1. The Balaban J connectivity index is 2.15. The molecule has 98 valence electrons. The number of rotatable bonds is 3. The highest BCUT2D eigenvalue weighted by molar-refractivity contribution is 5.95. The number of fused-ring (bicyclic) bond motifs is 1. The molecule has 0 bridgehead atoms. The van der Waals surface area contributed by atoms with E-state index in [4.69, 9.17) is 10.5 Å². The van der Waals surface area contributed by atoms with Gasteiger partial charge in [0.1, 0.15) is 0 Å². The molecule has 1 aliphatic heterocycles. The van der Waals surface area contributed by atoms with Gasteiger partial charge >= 0.3 is 0 Å². The molecule has 0 saturated heterocycles. The van der Waals surface area contributed by atoms with E-state index in [0.717, 1.165) is 11.1 Å². The van der Waals surface area contributed by atoms with Gasteiger partial charge < -0.3 is 15.8 Å². The van der Waals surface area contributed by atoms with Crippen molar-refractivity contribution in [3.05, 3.63) is 34.9 Å². The molecule has 1 atom stereocenters. The van der Waals surface area contributed by atoms with Gasteiger partial charge in [0.05, 0.1) is 13.2 Å². The van der Waals surface area contributed by atoms with Crippen molar-refractivity contribution in [2.75, 3.05) is 0 Å². The predicted octanol–water partition coefficient (Wildman–Crippen LogP) is 1.57. The second-order valence-electron chi connectivity index (χ2n) is 5.44. The minimum absolute atomic E-state index is 0.0907. The molecule has 18 heavy (non-hydrogen) atoms. The van der Waals surface area contributed by atoms with E-state index >= 15 is 0 Å². The Morgan fingerprint density at radius 1 is 1.39 bits per heavy atom. The largest absolute Gasteiger partial charge is 0.372 e. The van der Waals surface area contributed by atoms with Crippen LogP contribution in [0.4, 0.5) is 0 Å². The monoisotopic (exact) mass is 248 g/mol. The average Bonchev–Trinajstić information content (AvgIpc) is 2.74. The summed E-state index contributed by atoms with van der Waals surface area (Å²) in [4.78, 5) is 12.2. The summed E-state index contributed by atoms with van der Waals surface area (Å²) in [7, 11) is 0. The lowest BCUT2D eigenvalue weighted by molar-refractivity contribution is 0.0903. The number of nitrogens with two attached hydrogens (primary N) is 1. The molecule has 3 N–H and O–H groups in total. The molecule has 4 nitrogen and oxygen atoms in total. The summed E-state index contributed by atoms with van der Waals surface area (Å²) >= 11 is 0. The van der Waals surface area contributed by atoms with E-state index in [-0.39, 0.29) is 11.9 Å². The molecule has 0 spiro atoms. The lowest BCUT2D eigenvalue weighted by atomic mass is 9.96. The van der Waals surface area contributed by atoms with E-state index in [9.17, 15) is 4.79 Å². The molecule has 2 rings (SSSR count). The van der Waals surface area contributed by atoms with Crippen molar-refractivity contribution in [3.63, 3.8) is 0 Å². The summed E-state index contributed by atoms with van der Waals surface area (Å²) in [6, 6.07) is 5.57. The first kappa shape index (κ1) is 13.1. The van der Waals surface area contributed by atoms with Crippen molar-refractivity contribution in [3.8, 4) is 0 Å². The topological polar surface area (TPSA) is 64.3 Å². The van der Waals surface area contributed by atoms with E-state index < -0.39 is 5.54 Å². The van der Waals surface area contributed by atoms with E-state index in [1.165, 1.54) is 0 Å². The number of carbonyl (C=O) groups is 1. The van der Waals surface area contributed by atoms with Crippen LogP contribution in [0.5, 0.6) is 0 Å². The van der Waals surface area contributed by atoms with Crippen LogP contribution in [-0.2, 0) is 18.0 Å². The van der Waals surface area contributed by atoms with Crippen LogP contribution in [0.25, 0.3) is 0 Å². The van der Waals surface area contributed by atoms with Crippen molar-refractivity contribution in [1.29, 1.82) is 0 Å². The van der Waals surface area contributed by atoms with Gasteiger partial charge in [0.25, 0.3) is 5.91 Å². The number of amides is 1. The van der Waals surface area contributed by atoms with Gasteiger partial charge in [0, 0.05) is 17.1 Å². The van der Waals surface area contributed by atoms with Gasteiger partial charge in [-0.05, 0) is 44.0 Å². The summed E-state index contributed by atoms with van der Waals surface area (Å²) in [5.41, 5.74) is 8.35. The fraction of sp³-hybridized carbons (Fsp3) is 0.500. The third-order valence-corrected chi connectivity index (χ3v) is 3.56. The van der Waals surface area contributed by atoms with Gasteiger partial charge in [-0.1, -0.05) is 6.07 Å². The Kier molecular flexibility index (Phi) is 3.41. The maximum absolute atomic E-state index is 12.2. The fourth-order valence-electron chi connectivity index (χ4n) is 1.79. The normalized spacial score (nSPS) is 16.2. The Morgan fingerprint density at radius 3 is 2.72 bits per heavy atom. The second kappa shape index (κ2) is 4.71. The van der Waals surface area contributed by atoms with E-state index in [1.54, 1.807) is 0 Å². The number of hydrogen-bond acceptors (Lipinski definition) is 3. The van der Waals surface area contributed by atoms with Gasteiger partial charge in [-0.3, -0.25) is 4.79 Å². The highest BCUT2D eigenvalue weighted by atomic mass is 16.5. The molecule has 1 aromatic carbocycles. The molecular formula is C14H20N2O2. The number of nitrogens with one attached hydrogen (secondary N) is 1. The lowest BCUT2D eigenvalue weighted by Gasteiger charge is -2.30. The molecule has 0 radical (unpaired) electrons. The van der Waals surface area contributed by atoms with Gasteiger partial charge in [-0.2, -0.15) is 0 Å². The minimum Gasteiger partial charge on any atom is -0.372 e. The van der Waals surface area contributed by atoms with Crippen LogP contribution in [0.3, 0.4) is 0 Å². The second-order valence-corrected chi connectivity index (χ2v) is 5.44. The van der Waals surface area contributed by atoms with Gasteiger partial charge in [-0.15, -0.1) is 0 Å². The summed E-state index contributed by atoms with van der Waals surface area (Å²) in [6.07, 6.45) is 0. The smallest absolute Gasteiger partial charge is 0.251 e. The number of carbonyl (C=O) groups excluding carboxylic acids is 1. The molecular weight excluding hydrogens is 228 g/mol. The molecule has 1 aliphatic rings. The summed E-state index contributed by atoms with van der Waals surface area (Å²) in [6.45, 7) is 6.96. The van der Waals surface area contributed by atoms with Gasteiger partial charge in [-0.25, -0.2) is 0 Å². The summed E-state index contributed by atoms with van der Waals surface area (Å²) in [5.74, 6) is -0.0907. The molecule has 0 fully saturated rings. The Labute approximate surface area is 108 Å². The minimum atomic E-state index is -0.424. The van der Waals surface area contributed by atoms with Crippen molar-refractivity contribution >= 4 is 5.91 Å². The zero-order valence-electron chi connectivity index (χ0n) is 11.1. The zero-order chi connectivity index (χ0) is 13.3. The average molecular weight is 248 g/mol. The fourth-order valence-corrected chi connectivity index (χ4v) is 1.79. The molecule has 0 aromatic heterocycles. The van der Waals surface area contributed by atoms with Crippen molar-refractivity contribution in [2.24, 2.45) is 5.73 Å². The number of ether oxygens (including phenoxy) is 1. The first-order chi connectivity index (χ1) is 8.40. The van der Waals surface area contributed by atoms with Gasteiger partial charge in [0.15, 0.2) is 0 Å². The van der Waals surface area contributed by atoms with Crippen LogP contribution < -0.4 is 11.1 Å². The molecule has 4 heteroatoms. The quantitative estimate of drug-likeness (QED) is 0.853. The summed E-state index contributed by atoms with van der Waals surface area (Å²) < 4.78 is 5.34. The Morgan fingerprint density at radius 2 is 2.06 bits per heavy atom. The Hall–Kier alpha value is -1.39. The Bertz CT molecular complexity index is 467. The third-order valence-electron chi connectivity index (χ3n) is 3.56. The number of hydrogen-bond donors (Lipinski definition) is 2. The highest BCUT2D eigenvalue weighted by Gasteiger charge is 2.25. The van der Waals surface area contributed by atoms with E-state index in [0.29, 0.717) is 18.8 Å². The molecule has 1 aromatic rings. The first-order valence-electron chi connectivity index (χ1n) is 6.18. The highest BCUT2D eigenvalue weighted by Crippen LogP contribution is 2.21. The maximum atomic E-state index is 12.2. The van der Waals surface area contributed by atoms with Crippen molar-refractivity contribution < 1.29 is 9.53 Å². The predicted molar refractivity (Wildman–Crippen MR) is 70.1 cm³/mol. The SMILES string of the molecule is CC(N)C(C)(C)NC(=O)c1ccc2c(c1)COC2. The van der Waals surface area contributed by atoms with E-state index in [1.807, 2.05) is 39.0 Å². The molecule has 1 amide bonds. The standard InChI is InChI=1S/C14H20N2O2/c1-9(15)14(2,3)16-13(17)10-4-5-11-7-18-8-12(11)6-10/h4-6,9H,7-8,15H2,1-3H3,(H,16,17). The maximum Gasteiger partial charge on any atom is 0.251 e. The lowest BCUT2D eigenvalue weighted by Crippen LogP contribution is -2.54. The van der Waals surface area contributed by atoms with Crippen LogP contribution in [0.15, 0.2) is 18.2 Å². The first-order valence-corrected chi connectivity index (χ1v) is 6.18. The van der Waals surface area contributed by atoms with Crippen LogP contribution in [0.1, 0.15) is 42.3 Å². The van der Waals surface area contributed by atoms with Crippen molar-refractivity contribution in [1.82, 2.24) is 5.32 Å². The van der Waals surface area contributed by atoms with Crippen LogP contribution in [0.2, 0.25) is 0 Å². The molecule has 0 saturated carbocycles. The van der Waals surface area contributed by atoms with Crippen LogP contribution >= 0.6 is 0 Å². The van der Waals surface area contributed by atoms with Crippen LogP contribution in [-0.4, -0.2) is 17.5 Å². The van der Waals surface area contributed by atoms with Crippen LogP contribution in [0, 0.1) is 0 Å². The molecule has 1 heterocycles. The summed E-state index contributed by atoms with van der Waals surface area (Å²) in [5, 5.41) is 2.96. The van der Waals surface area contributed by atoms with E-state index in [2.05, 4.69) is 5.32 Å². The zero-order valence-corrected chi connectivity index (χ0v) is 11.1. The van der Waals surface area contributed by atoms with Gasteiger partial charge in [0.2, 0.25) is 0 Å². The molecule has 1 unspecified atom stereocenters. The van der Waals surface area contributed by atoms with Crippen molar-refractivity contribution in [2.45, 2.75) is 45.6 Å².